The molecule has 166 valence electrons. The van der Waals surface area contributed by atoms with E-state index in [0.29, 0.717) is 17.9 Å². The largest absolute Gasteiger partial charge is 0.487 e. The highest BCUT2D eigenvalue weighted by molar-refractivity contribution is 14.1. The molecule has 1 amide bonds. The third kappa shape index (κ3) is 6.79. The summed E-state index contributed by atoms with van der Waals surface area (Å²) in [6.07, 6.45) is 1.49. The highest BCUT2D eigenvalue weighted by Crippen LogP contribution is 2.30. The van der Waals surface area contributed by atoms with Crippen molar-refractivity contribution in [3.05, 3.63) is 95.6 Å². The minimum absolute atomic E-state index is 0.0422. The lowest BCUT2D eigenvalue weighted by Crippen LogP contribution is -2.14. The number of nitrogens with zero attached hydrogens (tertiary/aromatic N) is 1. The van der Waals surface area contributed by atoms with Gasteiger partial charge in [0.1, 0.15) is 24.0 Å². The topological polar surface area (TPSA) is 99.4 Å². The summed E-state index contributed by atoms with van der Waals surface area (Å²) >= 11 is 4.33. The van der Waals surface area contributed by atoms with Gasteiger partial charge in [-0.05, 0) is 99.6 Å². The van der Waals surface area contributed by atoms with Crippen molar-refractivity contribution in [2.24, 2.45) is 0 Å². The number of benzene rings is 3. The van der Waals surface area contributed by atoms with Gasteiger partial charge in [0.2, 0.25) is 0 Å². The summed E-state index contributed by atoms with van der Waals surface area (Å²) in [6.45, 7) is 2.47. The molecule has 3 aromatic rings. The van der Waals surface area contributed by atoms with Gasteiger partial charge in [-0.3, -0.25) is 4.79 Å². The predicted octanol–water partition coefficient (Wildman–Crippen LogP) is 6.03. The SMILES string of the molecule is Cc1ccc(COc2c(I)cc(/C=C(/C#N)C(=O)Nc3cccc(C(=O)O)c3)cc2I)cc1. The van der Waals surface area contributed by atoms with Crippen molar-refractivity contribution in [2.45, 2.75) is 13.5 Å². The summed E-state index contributed by atoms with van der Waals surface area (Å²) in [4.78, 5) is 23.7. The molecule has 3 rings (SSSR count). The van der Waals surface area contributed by atoms with Gasteiger partial charge >= 0.3 is 5.97 Å². The number of carbonyl (C=O) groups is 2. The van der Waals surface area contributed by atoms with E-state index in [2.05, 4.69) is 50.5 Å². The van der Waals surface area contributed by atoms with E-state index in [-0.39, 0.29) is 11.1 Å². The summed E-state index contributed by atoms with van der Waals surface area (Å²) in [7, 11) is 0. The number of amides is 1. The van der Waals surface area contributed by atoms with Crippen LogP contribution < -0.4 is 10.1 Å². The predicted molar refractivity (Wildman–Crippen MR) is 143 cm³/mol. The van der Waals surface area contributed by atoms with Crippen molar-refractivity contribution >= 4 is 68.8 Å². The smallest absolute Gasteiger partial charge is 0.335 e. The molecule has 0 bridgehead atoms. The fourth-order valence-electron chi connectivity index (χ4n) is 2.88. The lowest BCUT2D eigenvalue weighted by Gasteiger charge is -2.12. The van der Waals surface area contributed by atoms with Crippen LogP contribution in [0.4, 0.5) is 5.69 Å². The Labute approximate surface area is 218 Å². The van der Waals surface area contributed by atoms with Gasteiger partial charge in [-0.2, -0.15) is 5.26 Å². The fourth-order valence-corrected chi connectivity index (χ4v) is 5.01. The molecule has 0 unspecified atom stereocenters. The number of aryl methyl sites for hydroxylation is 1. The first kappa shape index (κ1) is 24.7. The van der Waals surface area contributed by atoms with Crippen LogP contribution in [-0.2, 0) is 11.4 Å². The average Bonchev–Trinajstić information content (AvgIpc) is 2.78. The molecular formula is C25H18I2N2O4. The number of halogens is 2. The van der Waals surface area contributed by atoms with E-state index in [1.165, 1.54) is 29.8 Å². The van der Waals surface area contributed by atoms with Crippen molar-refractivity contribution in [1.82, 2.24) is 0 Å². The molecule has 0 saturated heterocycles. The van der Waals surface area contributed by atoms with Gasteiger partial charge in [-0.1, -0.05) is 35.9 Å². The zero-order valence-corrected chi connectivity index (χ0v) is 21.7. The molecule has 0 atom stereocenters. The number of carboxylic acids is 1. The number of carbonyl (C=O) groups excluding carboxylic acids is 1. The lowest BCUT2D eigenvalue weighted by molar-refractivity contribution is -0.112. The molecule has 0 aliphatic heterocycles. The average molecular weight is 664 g/mol. The van der Waals surface area contributed by atoms with Crippen molar-refractivity contribution < 1.29 is 19.4 Å². The van der Waals surface area contributed by atoms with Gasteiger partial charge in [-0.25, -0.2) is 4.79 Å². The monoisotopic (exact) mass is 664 g/mol. The Morgan fingerprint density at radius 1 is 1.09 bits per heavy atom. The molecule has 2 N–H and O–H groups in total. The quantitative estimate of drug-likeness (QED) is 0.183. The Kier molecular flexibility index (Phi) is 8.46. The number of anilines is 1. The van der Waals surface area contributed by atoms with E-state index in [1.54, 1.807) is 6.07 Å². The maximum Gasteiger partial charge on any atom is 0.335 e. The first-order valence-electron chi connectivity index (χ1n) is 9.70. The number of hydrogen-bond donors (Lipinski definition) is 2. The van der Waals surface area contributed by atoms with Crippen LogP contribution in [0.25, 0.3) is 6.08 Å². The molecule has 8 heteroatoms. The fraction of sp³-hybridized carbons (Fsp3) is 0.0800. The normalized spacial score (nSPS) is 10.9. The molecular weight excluding hydrogens is 646 g/mol. The second-order valence-corrected chi connectivity index (χ2v) is 9.42. The number of rotatable bonds is 7. The number of nitrogens with one attached hydrogen (secondary N) is 1. The molecule has 6 nitrogen and oxygen atoms in total. The van der Waals surface area contributed by atoms with Crippen LogP contribution in [-0.4, -0.2) is 17.0 Å². The molecule has 0 aromatic heterocycles. The standard InChI is InChI=1S/C25H18I2N2O4/c1-15-5-7-16(8-6-15)14-33-23-21(26)10-17(11-22(23)27)9-19(13-28)24(30)29-20-4-2-3-18(12-20)25(31)32/h2-12H,14H2,1H3,(H,29,30)(H,31,32)/b19-9-. The number of ether oxygens (including phenoxy) is 1. The summed E-state index contributed by atoms with van der Waals surface area (Å²) in [5, 5.41) is 21.2. The Hall–Kier alpha value is -2.91. The Morgan fingerprint density at radius 2 is 1.76 bits per heavy atom. The van der Waals surface area contributed by atoms with Crippen molar-refractivity contribution in [3.8, 4) is 11.8 Å². The molecule has 0 spiro atoms. The van der Waals surface area contributed by atoms with E-state index in [1.807, 2.05) is 49.4 Å². The Morgan fingerprint density at radius 3 is 2.36 bits per heavy atom. The maximum atomic E-state index is 12.6. The molecule has 0 fully saturated rings. The minimum atomic E-state index is -1.10. The second-order valence-electron chi connectivity index (χ2n) is 7.10. The van der Waals surface area contributed by atoms with Gasteiger partial charge < -0.3 is 15.2 Å². The van der Waals surface area contributed by atoms with Crippen LogP contribution in [0, 0.1) is 25.4 Å². The maximum absolute atomic E-state index is 12.6. The third-order valence-electron chi connectivity index (χ3n) is 4.57. The molecule has 0 saturated carbocycles. The molecule has 0 heterocycles. The van der Waals surface area contributed by atoms with Crippen LogP contribution in [0.1, 0.15) is 27.0 Å². The summed E-state index contributed by atoms with van der Waals surface area (Å²) in [6, 6.07) is 19.5. The van der Waals surface area contributed by atoms with Crippen LogP contribution in [0.3, 0.4) is 0 Å². The first-order valence-corrected chi connectivity index (χ1v) is 11.9. The summed E-state index contributed by atoms with van der Waals surface area (Å²) in [5.74, 6) is -0.983. The molecule has 0 aliphatic rings. The van der Waals surface area contributed by atoms with Crippen LogP contribution in [0.2, 0.25) is 0 Å². The lowest BCUT2D eigenvalue weighted by atomic mass is 10.1. The van der Waals surface area contributed by atoms with Crippen LogP contribution in [0.15, 0.2) is 66.2 Å². The highest BCUT2D eigenvalue weighted by atomic mass is 127. The molecule has 0 radical (unpaired) electrons. The Bertz CT molecular complexity index is 1260. The zero-order valence-electron chi connectivity index (χ0n) is 17.4. The minimum Gasteiger partial charge on any atom is -0.487 e. The second kappa shape index (κ2) is 11.3. The number of aromatic carboxylic acids is 1. The molecule has 3 aromatic carbocycles. The van der Waals surface area contributed by atoms with Crippen LogP contribution >= 0.6 is 45.2 Å². The third-order valence-corrected chi connectivity index (χ3v) is 6.17. The number of hydrogen-bond acceptors (Lipinski definition) is 4. The van der Waals surface area contributed by atoms with Crippen LogP contribution in [0.5, 0.6) is 5.75 Å². The first-order chi connectivity index (χ1) is 15.8. The van der Waals surface area contributed by atoms with Gasteiger partial charge in [0, 0.05) is 5.69 Å². The van der Waals surface area contributed by atoms with E-state index in [4.69, 9.17) is 9.84 Å². The Balaban J connectivity index is 1.77. The van der Waals surface area contributed by atoms with Gasteiger partial charge in [-0.15, -0.1) is 0 Å². The van der Waals surface area contributed by atoms with Gasteiger partial charge in [0.15, 0.2) is 0 Å². The molecule has 33 heavy (non-hydrogen) atoms. The van der Waals surface area contributed by atoms with Crippen molar-refractivity contribution in [1.29, 1.82) is 5.26 Å². The number of carboxylic acid groups (broad SMARTS) is 1. The highest BCUT2D eigenvalue weighted by Gasteiger charge is 2.13. The summed E-state index contributed by atoms with van der Waals surface area (Å²) in [5.41, 5.74) is 3.16. The van der Waals surface area contributed by atoms with E-state index in [0.717, 1.165) is 18.5 Å². The van der Waals surface area contributed by atoms with Gasteiger partial charge in [0.05, 0.1) is 12.7 Å². The van der Waals surface area contributed by atoms with E-state index in [9.17, 15) is 14.9 Å². The zero-order chi connectivity index (χ0) is 24.0. The van der Waals surface area contributed by atoms with E-state index < -0.39 is 11.9 Å². The van der Waals surface area contributed by atoms with Crippen molar-refractivity contribution in [3.63, 3.8) is 0 Å². The van der Waals surface area contributed by atoms with Crippen molar-refractivity contribution in [2.75, 3.05) is 5.32 Å². The van der Waals surface area contributed by atoms with E-state index >= 15 is 0 Å². The van der Waals surface area contributed by atoms with Gasteiger partial charge in [0.25, 0.3) is 5.91 Å². The number of nitriles is 1. The summed E-state index contributed by atoms with van der Waals surface area (Å²) < 4.78 is 7.71. The molecule has 0 aliphatic carbocycles.